The van der Waals surface area contributed by atoms with Gasteiger partial charge in [-0.1, -0.05) is 86.1 Å². The van der Waals surface area contributed by atoms with Crippen LogP contribution in [0.15, 0.2) is 66.7 Å². The predicted octanol–water partition coefficient (Wildman–Crippen LogP) is 6.35. The summed E-state index contributed by atoms with van der Waals surface area (Å²) in [5.41, 5.74) is 3.40. The highest BCUT2D eigenvalue weighted by Crippen LogP contribution is 2.29. The quantitative estimate of drug-likeness (QED) is 0.178. The number of fused-ring (bicyclic) bond motifs is 1. The van der Waals surface area contributed by atoms with Gasteiger partial charge in [-0.15, -0.1) is 0 Å². The van der Waals surface area contributed by atoms with Crippen LogP contribution in [0.2, 0.25) is 0 Å². The van der Waals surface area contributed by atoms with E-state index in [4.69, 9.17) is 14.2 Å². The van der Waals surface area contributed by atoms with Crippen molar-refractivity contribution in [2.45, 2.75) is 72.3 Å². The third kappa shape index (κ3) is 9.58. The van der Waals surface area contributed by atoms with Crippen molar-refractivity contribution < 1.29 is 28.6 Å². The van der Waals surface area contributed by atoms with Gasteiger partial charge in [-0.05, 0) is 60.9 Å². The second-order valence-electron chi connectivity index (χ2n) is 11.1. The smallest absolute Gasteiger partial charge is 0.413 e. The van der Waals surface area contributed by atoms with Gasteiger partial charge in [-0.25, -0.2) is 9.59 Å². The summed E-state index contributed by atoms with van der Waals surface area (Å²) in [7, 11) is 1.41. The number of nitrogens with one attached hydrogen (secondary N) is 1. The molecule has 0 radical (unpaired) electrons. The summed E-state index contributed by atoms with van der Waals surface area (Å²) in [5, 5.41) is 4.79. The molecule has 0 bridgehead atoms. The number of amides is 2. The first kappa shape index (κ1) is 32.6. The van der Waals surface area contributed by atoms with Gasteiger partial charge in [0.05, 0.1) is 6.04 Å². The molecule has 3 rings (SSSR count). The first-order valence-corrected chi connectivity index (χ1v) is 14.6. The van der Waals surface area contributed by atoms with Crippen molar-refractivity contribution in [1.29, 1.82) is 0 Å². The summed E-state index contributed by atoms with van der Waals surface area (Å²) in [5.74, 6) is -0.969. The predicted molar refractivity (Wildman–Crippen MR) is 164 cm³/mol. The molecule has 0 saturated heterocycles. The van der Waals surface area contributed by atoms with E-state index in [0.717, 1.165) is 29.2 Å². The zero-order valence-corrected chi connectivity index (χ0v) is 25.6. The summed E-state index contributed by atoms with van der Waals surface area (Å²) in [4.78, 5) is 40.3. The van der Waals surface area contributed by atoms with Crippen LogP contribution in [0, 0.1) is 12.8 Å². The van der Waals surface area contributed by atoms with E-state index >= 15 is 0 Å². The number of ether oxygens (including phenoxy) is 3. The third-order valence-electron chi connectivity index (χ3n) is 7.07. The number of methoxy groups -OCH3 is 1. The van der Waals surface area contributed by atoms with Crippen molar-refractivity contribution in [3.63, 3.8) is 0 Å². The van der Waals surface area contributed by atoms with Gasteiger partial charge < -0.3 is 24.4 Å². The average molecular weight is 577 g/mol. The SMILES string of the molecule is COCC(=O)NC(CC(C)C)C(=O)OC(C)OC(=O)N(CCCc1cccc(C)c1)[C@H](C)c1cccc2ccccc12. The molecule has 8 nitrogen and oxygen atoms in total. The maximum atomic E-state index is 13.6. The standard InChI is InChI=1S/C34H44N2O6/c1-23(2)20-31(35-32(37)22-40-6)33(38)41-26(5)42-34(39)36(19-11-14-27-13-9-12-24(3)21-27)25(4)29-18-10-16-28-15-7-8-17-30(28)29/h7-10,12-13,15-18,21,23,25-26,31H,11,14,19-20,22H2,1-6H3,(H,35,37)/t25-,26?,31?/m1/s1. The van der Waals surface area contributed by atoms with Crippen LogP contribution in [0.1, 0.15) is 63.3 Å². The topological polar surface area (TPSA) is 94.2 Å². The van der Waals surface area contributed by atoms with E-state index in [0.29, 0.717) is 13.0 Å². The van der Waals surface area contributed by atoms with Crippen molar-refractivity contribution >= 4 is 28.7 Å². The number of aryl methyl sites for hydroxylation is 2. The Morgan fingerprint density at radius 3 is 2.33 bits per heavy atom. The van der Waals surface area contributed by atoms with Crippen LogP contribution in [-0.2, 0) is 30.2 Å². The number of esters is 1. The van der Waals surface area contributed by atoms with Gasteiger partial charge in [0, 0.05) is 20.6 Å². The van der Waals surface area contributed by atoms with Gasteiger partial charge in [0.2, 0.25) is 12.2 Å². The lowest BCUT2D eigenvalue weighted by molar-refractivity contribution is -0.170. The molecule has 0 spiro atoms. The zero-order valence-electron chi connectivity index (χ0n) is 25.6. The van der Waals surface area contributed by atoms with Crippen molar-refractivity contribution in [3.05, 3.63) is 83.4 Å². The van der Waals surface area contributed by atoms with Crippen LogP contribution >= 0.6 is 0 Å². The molecule has 0 saturated carbocycles. The molecule has 0 aliphatic heterocycles. The second kappa shape index (κ2) is 15.9. The van der Waals surface area contributed by atoms with Crippen LogP contribution in [0.3, 0.4) is 0 Å². The molecule has 8 heteroatoms. The van der Waals surface area contributed by atoms with Gasteiger partial charge in [0.1, 0.15) is 12.6 Å². The lowest BCUT2D eigenvalue weighted by Gasteiger charge is -2.31. The molecule has 3 aromatic carbocycles. The first-order chi connectivity index (χ1) is 20.1. The third-order valence-corrected chi connectivity index (χ3v) is 7.07. The molecule has 0 aliphatic carbocycles. The van der Waals surface area contributed by atoms with E-state index in [9.17, 15) is 14.4 Å². The Morgan fingerprint density at radius 1 is 0.905 bits per heavy atom. The van der Waals surface area contributed by atoms with E-state index in [1.807, 2.05) is 63.2 Å². The van der Waals surface area contributed by atoms with Crippen molar-refractivity contribution in [2.24, 2.45) is 5.92 Å². The average Bonchev–Trinajstić information content (AvgIpc) is 2.94. The summed E-state index contributed by atoms with van der Waals surface area (Å²) in [6.07, 6.45) is 0.167. The molecule has 0 fully saturated rings. The summed E-state index contributed by atoms with van der Waals surface area (Å²) < 4.78 is 16.0. The number of nitrogens with zero attached hydrogens (tertiary/aromatic N) is 1. The Bertz CT molecular complexity index is 1340. The summed E-state index contributed by atoms with van der Waals surface area (Å²) in [6, 6.07) is 21.3. The molecule has 3 aromatic rings. The number of carbonyl (C=O) groups excluding carboxylic acids is 3. The largest absolute Gasteiger partial charge is 0.424 e. The van der Waals surface area contributed by atoms with E-state index < -0.39 is 30.3 Å². The Hall–Kier alpha value is -3.91. The zero-order chi connectivity index (χ0) is 30.6. The minimum atomic E-state index is -1.15. The van der Waals surface area contributed by atoms with Gasteiger partial charge >= 0.3 is 12.1 Å². The highest BCUT2D eigenvalue weighted by molar-refractivity contribution is 5.87. The summed E-state index contributed by atoms with van der Waals surface area (Å²) in [6.45, 7) is 9.71. The molecule has 226 valence electrons. The van der Waals surface area contributed by atoms with Crippen LogP contribution < -0.4 is 5.32 Å². The van der Waals surface area contributed by atoms with Crippen LogP contribution in [0.25, 0.3) is 10.8 Å². The Balaban J connectivity index is 1.75. The van der Waals surface area contributed by atoms with Crippen LogP contribution in [-0.4, -0.2) is 55.5 Å². The number of hydrogen-bond acceptors (Lipinski definition) is 6. The molecule has 0 aromatic heterocycles. The fourth-order valence-electron chi connectivity index (χ4n) is 5.08. The monoisotopic (exact) mass is 576 g/mol. The lowest BCUT2D eigenvalue weighted by atomic mass is 9.98. The molecule has 42 heavy (non-hydrogen) atoms. The van der Waals surface area contributed by atoms with Gasteiger partial charge in [0.25, 0.3) is 0 Å². The molecular formula is C34H44N2O6. The molecule has 1 N–H and O–H groups in total. The fourth-order valence-corrected chi connectivity index (χ4v) is 5.08. The summed E-state index contributed by atoms with van der Waals surface area (Å²) >= 11 is 0. The van der Waals surface area contributed by atoms with Gasteiger partial charge in [-0.3, -0.25) is 4.79 Å². The number of carbonyl (C=O) groups is 3. The highest BCUT2D eigenvalue weighted by Gasteiger charge is 2.29. The van der Waals surface area contributed by atoms with E-state index in [2.05, 4.69) is 36.5 Å². The Labute approximate surface area is 249 Å². The minimum Gasteiger partial charge on any atom is -0.424 e. The number of hydrogen-bond donors (Lipinski definition) is 1. The Kier molecular flexibility index (Phi) is 12.4. The van der Waals surface area contributed by atoms with Crippen molar-refractivity contribution in [2.75, 3.05) is 20.3 Å². The normalized spacial score (nSPS) is 13.3. The van der Waals surface area contributed by atoms with Crippen molar-refractivity contribution in [1.82, 2.24) is 10.2 Å². The molecule has 3 atom stereocenters. The first-order valence-electron chi connectivity index (χ1n) is 14.6. The van der Waals surface area contributed by atoms with Gasteiger partial charge in [0.15, 0.2) is 0 Å². The van der Waals surface area contributed by atoms with E-state index in [1.54, 1.807) is 4.90 Å². The van der Waals surface area contributed by atoms with E-state index in [-0.39, 0.29) is 18.6 Å². The van der Waals surface area contributed by atoms with Gasteiger partial charge in [-0.2, -0.15) is 0 Å². The lowest BCUT2D eigenvalue weighted by Crippen LogP contribution is -2.45. The fraction of sp³-hybridized carbons (Fsp3) is 0.441. The van der Waals surface area contributed by atoms with Crippen LogP contribution in [0.4, 0.5) is 4.79 Å². The number of rotatable bonds is 14. The molecule has 0 aliphatic rings. The molecule has 2 unspecified atom stereocenters. The maximum Gasteiger partial charge on any atom is 0.413 e. The van der Waals surface area contributed by atoms with Crippen molar-refractivity contribution in [3.8, 4) is 0 Å². The van der Waals surface area contributed by atoms with Crippen LogP contribution in [0.5, 0.6) is 0 Å². The highest BCUT2D eigenvalue weighted by atomic mass is 16.7. The number of benzene rings is 3. The van der Waals surface area contributed by atoms with E-state index in [1.165, 1.54) is 25.2 Å². The Morgan fingerprint density at radius 2 is 1.62 bits per heavy atom. The molecule has 2 amide bonds. The molecular weight excluding hydrogens is 532 g/mol. The molecule has 0 heterocycles. The second-order valence-corrected chi connectivity index (χ2v) is 11.1. The maximum absolute atomic E-state index is 13.6. The minimum absolute atomic E-state index is 0.119.